The number of hydrogen-bond acceptors (Lipinski definition) is 3. The first-order chi connectivity index (χ1) is 23.6. The highest BCUT2D eigenvalue weighted by Crippen LogP contribution is 2.54. The van der Waals surface area contributed by atoms with Gasteiger partial charge in [0.2, 0.25) is 0 Å². The van der Waals surface area contributed by atoms with Gasteiger partial charge in [0.25, 0.3) is 0 Å². The summed E-state index contributed by atoms with van der Waals surface area (Å²) in [6.45, 7) is 0.179. The number of hydrogen-bond donors (Lipinski definition) is 3. The summed E-state index contributed by atoms with van der Waals surface area (Å²) in [7, 11) is 0. The first kappa shape index (κ1) is 29.1. The summed E-state index contributed by atoms with van der Waals surface area (Å²) in [5.41, 5.74) is 14.8. The molecule has 0 heterocycles. The molecule has 0 saturated carbocycles. The van der Waals surface area contributed by atoms with E-state index in [-0.39, 0.29) is 19.8 Å². The minimum Gasteiger partial charge on any atom is -0.396 e. The summed E-state index contributed by atoms with van der Waals surface area (Å²) in [5.74, 6) is 0. The predicted molar refractivity (Wildman–Crippen MR) is 197 cm³/mol. The fourth-order valence-corrected chi connectivity index (χ4v) is 8.56. The van der Waals surface area contributed by atoms with E-state index in [9.17, 15) is 15.3 Å². The van der Waals surface area contributed by atoms with Crippen LogP contribution in [0.2, 0.25) is 0 Å². The number of benzene rings is 7. The van der Waals surface area contributed by atoms with Crippen molar-refractivity contribution in [3.05, 3.63) is 144 Å². The quantitative estimate of drug-likeness (QED) is 0.158. The van der Waals surface area contributed by atoms with Crippen molar-refractivity contribution in [3.8, 4) is 55.6 Å². The van der Waals surface area contributed by atoms with Crippen molar-refractivity contribution in [2.24, 2.45) is 0 Å². The smallest absolute Gasteiger partial charge is 0.0569 e. The molecular weight excluding hydrogens is 588 g/mol. The van der Waals surface area contributed by atoms with Gasteiger partial charge in [0, 0.05) is 18.6 Å². The molecule has 7 aromatic rings. The predicted octanol–water partition coefficient (Wildman–Crippen LogP) is 9.54. The lowest BCUT2D eigenvalue weighted by molar-refractivity contribution is 0.197. The molecule has 2 aliphatic rings. The lowest BCUT2D eigenvalue weighted by Crippen LogP contribution is -2.30. The summed E-state index contributed by atoms with van der Waals surface area (Å²) in [5, 5.41) is 35.6. The molecule has 3 heteroatoms. The zero-order chi connectivity index (χ0) is 32.4. The molecule has 0 bridgehead atoms. The van der Waals surface area contributed by atoms with Crippen LogP contribution in [0, 0.1) is 0 Å². The fraction of sp³-hybridized carbons (Fsp3) is 0.156. The largest absolute Gasteiger partial charge is 0.396 e. The molecule has 1 unspecified atom stereocenters. The Bertz CT molecular complexity index is 2370. The van der Waals surface area contributed by atoms with E-state index < -0.39 is 5.41 Å². The average Bonchev–Trinajstić information content (AvgIpc) is 3.61. The third-order valence-electron chi connectivity index (χ3n) is 10.9. The van der Waals surface area contributed by atoms with Crippen LogP contribution >= 0.6 is 0 Å². The van der Waals surface area contributed by atoms with Gasteiger partial charge >= 0.3 is 0 Å². The topological polar surface area (TPSA) is 60.7 Å². The van der Waals surface area contributed by atoms with Crippen LogP contribution in [0.25, 0.3) is 77.2 Å². The molecule has 9 rings (SSSR count). The molecule has 1 atom stereocenters. The number of aliphatic hydroxyl groups excluding tert-OH is 3. The van der Waals surface area contributed by atoms with Crippen LogP contribution in [0.3, 0.4) is 0 Å². The Balaban J connectivity index is 1.17. The number of aliphatic hydroxyl groups is 3. The molecule has 7 aromatic carbocycles. The molecule has 0 aromatic heterocycles. The molecule has 48 heavy (non-hydrogen) atoms. The monoisotopic (exact) mass is 624 g/mol. The van der Waals surface area contributed by atoms with E-state index in [0.29, 0.717) is 19.3 Å². The Morgan fingerprint density at radius 1 is 0.458 bits per heavy atom. The van der Waals surface area contributed by atoms with Crippen LogP contribution in [0.4, 0.5) is 0 Å². The fourth-order valence-electron chi connectivity index (χ4n) is 8.56. The molecular formula is C45H36O3. The SMILES string of the molecule is OCCCC1(CO)c2cc(-c3ccc4cc(CCO)ccc4c3)ccc2-c2ccc(-c3ccc4c5c(cccc35)-c3ccccc3-4)cc21. The van der Waals surface area contributed by atoms with Gasteiger partial charge in [0.05, 0.1) is 6.61 Å². The highest BCUT2D eigenvalue weighted by atomic mass is 16.3. The third kappa shape index (κ3) is 4.25. The van der Waals surface area contributed by atoms with Gasteiger partial charge in [-0.1, -0.05) is 109 Å². The van der Waals surface area contributed by atoms with Crippen molar-refractivity contribution < 1.29 is 15.3 Å². The second-order valence-corrected chi connectivity index (χ2v) is 13.4. The molecule has 2 aliphatic carbocycles. The Kier molecular flexibility index (Phi) is 6.84. The van der Waals surface area contributed by atoms with Gasteiger partial charge in [-0.15, -0.1) is 0 Å². The number of fused-ring (bicyclic) bond motifs is 7. The summed E-state index contributed by atoms with van der Waals surface area (Å²) in [6.07, 6.45) is 1.90. The van der Waals surface area contributed by atoms with Gasteiger partial charge in [-0.3, -0.25) is 0 Å². The van der Waals surface area contributed by atoms with Crippen LogP contribution in [-0.4, -0.2) is 35.1 Å². The van der Waals surface area contributed by atoms with Gasteiger partial charge in [0.1, 0.15) is 0 Å². The van der Waals surface area contributed by atoms with E-state index in [2.05, 4.69) is 127 Å². The lowest BCUT2D eigenvalue weighted by Gasteiger charge is -2.30. The Hall–Kier alpha value is -5.06. The lowest BCUT2D eigenvalue weighted by atomic mass is 9.74. The van der Waals surface area contributed by atoms with Crippen LogP contribution in [0.1, 0.15) is 29.5 Å². The molecule has 0 fully saturated rings. The summed E-state index contributed by atoms with van der Waals surface area (Å²) < 4.78 is 0. The molecule has 0 spiro atoms. The van der Waals surface area contributed by atoms with Crippen molar-refractivity contribution in [2.75, 3.05) is 19.8 Å². The van der Waals surface area contributed by atoms with Crippen molar-refractivity contribution in [1.82, 2.24) is 0 Å². The van der Waals surface area contributed by atoms with Gasteiger partial charge < -0.3 is 15.3 Å². The van der Waals surface area contributed by atoms with Crippen molar-refractivity contribution in [1.29, 1.82) is 0 Å². The summed E-state index contributed by atoms with van der Waals surface area (Å²) in [4.78, 5) is 0. The van der Waals surface area contributed by atoms with Gasteiger partial charge in [-0.25, -0.2) is 0 Å². The van der Waals surface area contributed by atoms with Crippen molar-refractivity contribution in [2.45, 2.75) is 24.7 Å². The maximum atomic E-state index is 11.3. The normalized spacial score (nSPS) is 15.6. The Labute approximate surface area is 280 Å². The maximum absolute atomic E-state index is 11.3. The van der Waals surface area contributed by atoms with Crippen LogP contribution < -0.4 is 0 Å². The van der Waals surface area contributed by atoms with Crippen molar-refractivity contribution >= 4 is 21.5 Å². The van der Waals surface area contributed by atoms with Crippen LogP contribution in [-0.2, 0) is 11.8 Å². The van der Waals surface area contributed by atoms with E-state index >= 15 is 0 Å². The highest BCUT2D eigenvalue weighted by molar-refractivity contribution is 6.18. The van der Waals surface area contributed by atoms with E-state index in [4.69, 9.17) is 0 Å². The zero-order valence-corrected chi connectivity index (χ0v) is 26.7. The van der Waals surface area contributed by atoms with E-state index in [1.54, 1.807) is 0 Å². The zero-order valence-electron chi connectivity index (χ0n) is 26.7. The van der Waals surface area contributed by atoms with Crippen LogP contribution in [0.15, 0.2) is 127 Å². The minimum absolute atomic E-state index is 0.0373. The van der Waals surface area contributed by atoms with Crippen molar-refractivity contribution in [3.63, 3.8) is 0 Å². The number of rotatable bonds is 8. The van der Waals surface area contributed by atoms with E-state index in [0.717, 1.165) is 55.3 Å². The van der Waals surface area contributed by atoms with Crippen LogP contribution in [0.5, 0.6) is 0 Å². The Morgan fingerprint density at radius 3 is 1.81 bits per heavy atom. The Morgan fingerprint density at radius 2 is 1.06 bits per heavy atom. The average molecular weight is 625 g/mol. The molecule has 0 amide bonds. The molecule has 3 N–H and O–H groups in total. The van der Waals surface area contributed by atoms with E-state index in [1.165, 1.54) is 38.6 Å². The second-order valence-electron chi connectivity index (χ2n) is 13.4. The summed E-state index contributed by atoms with van der Waals surface area (Å²) in [6, 6.07) is 46.2. The molecule has 0 aliphatic heterocycles. The van der Waals surface area contributed by atoms with E-state index in [1.807, 2.05) is 0 Å². The first-order valence-electron chi connectivity index (χ1n) is 16.9. The minimum atomic E-state index is -0.624. The summed E-state index contributed by atoms with van der Waals surface area (Å²) >= 11 is 0. The second kappa shape index (κ2) is 11.3. The van der Waals surface area contributed by atoms with Gasteiger partial charge in [-0.2, -0.15) is 0 Å². The molecule has 0 saturated heterocycles. The first-order valence-corrected chi connectivity index (χ1v) is 16.9. The van der Waals surface area contributed by atoms with Gasteiger partial charge in [0.15, 0.2) is 0 Å². The highest BCUT2D eigenvalue weighted by Gasteiger charge is 2.43. The molecule has 3 nitrogen and oxygen atoms in total. The standard InChI is InChI=1S/C45H36O3/c46-21-4-20-45(27-48)42-25-32(31-12-11-29-23-28(19-22-47)9-10-30(29)24-31)13-15-37(42)38-16-14-33(26-43(38)45)34-17-18-41-36-6-2-1-5-35(36)40-8-3-7-39(34)44(40)41/h1-3,5-18,23-26,46-48H,4,19-22,27H2. The third-order valence-corrected chi connectivity index (χ3v) is 10.9. The van der Waals surface area contributed by atoms with Gasteiger partial charge in [-0.05, 0) is 131 Å². The maximum Gasteiger partial charge on any atom is 0.0569 e. The molecule has 0 radical (unpaired) electrons. The molecule has 234 valence electrons.